The van der Waals surface area contributed by atoms with E-state index in [1.165, 1.54) is 22.0 Å². The minimum absolute atomic E-state index is 0.0573. The van der Waals surface area contributed by atoms with Crippen molar-refractivity contribution >= 4 is 15.9 Å². The summed E-state index contributed by atoms with van der Waals surface area (Å²) < 4.78 is 46.8. The number of carbonyl (C=O) groups is 1. The first kappa shape index (κ1) is 21.9. The summed E-state index contributed by atoms with van der Waals surface area (Å²) in [6, 6.07) is 13.7. The molecule has 2 aromatic carbocycles. The maximum absolute atomic E-state index is 14.5. The average molecular weight is 447 g/mol. The number of ether oxygens (including phenoxy) is 1. The molecule has 0 aliphatic carbocycles. The van der Waals surface area contributed by atoms with Gasteiger partial charge in [0.25, 0.3) is 5.91 Å². The van der Waals surface area contributed by atoms with E-state index in [0.29, 0.717) is 32.2 Å². The Kier molecular flexibility index (Phi) is 6.69. The number of likely N-dealkylation sites (tertiary alicyclic amines) is 1. The van der Waals surface area contributed by atoms with Crippen molar-refractivity contribution in [2.75, 3.05) is 39.4 Å². The van der Waals surface area contributed by atoms with E-state index in [4.69, 9.17) is 4.74 Å². The van der Waals surface area contributed by atoms with E-state index in [1.807, 2.05) is 18.2 Å². The van der Waals surface area contributed by atoms with Crippen LogP contribution in [-0.4, -0.2) is 62.9 Å². The molecule has 0 saturated carbocycles. The molecule has 31 heavy (non-hydrogen) atoms. The Morgan fingerprint density at radius 1 is 1.00 bits per heavy atom. The van der Waals surface area contributed by atoms with E-state index in [2.05, 4.69) is 12.1 Å². The van der Waals surface area contributed by atoms with Crippen molar-refractivity contribution in [2.24, 2.45) is 5.92 Å². The number of morpholine rings is 1. The molecular formula is C23H27FN2O4S. The van der Waals surface area contributed by atoms with Gasteiger partial charge in [0.2, 0.25) is 10.0 Å². The summed E-state index contributed by atoms with van der Waals surface area (Å²) in [5, 5.41) is 0. The molecule has 2 aliphatic rings. The molecule has 2 aromatic rings. The standard InChI is InChI=1S/C23H27FN2O4S/c24-22-7-6-20(31(28,29)26-12-14-30-15-13-26)17-21(22)23(27)25-10-8-19(9-11-25)16-18-4-2-1-3-5-18/h1-7,17,19H,8-16H2. The van der Waals surface area contributed by atoms with E-state index in [9.17, 15) is 17.6 Å². The van der Waals surface area contributed by atoms with Crippen molar-refractivity contribution < 1.29 is 22.3 Å². The third-order valence-electron chi connectivity index (χ3n) is 6.05. The van der Waals surface area contributed by atoms with Gasteiger partial charge in [0.1, 0.15) is 5.82 Å². The highest BCUT2D eigenvalue weighted by Crippen LogP contribution is 2.25. The number of hydrogen-bond acceptors (Lipinski definition) is 4. The zero-order valence-corrected chi connectivity index (χ0v) is 18.2. The van der Waals surface area contributed by atoms with Gasteiger partial charge >= 0.3 is 0 Å². The van der Waals surface area contributed by atoms with E-state index in [1.54, 1.807) is 4.90 Å². The van der Waals surface area contributed by atoms with E-state index >= 15 is 0 Å². The topological polar surface area (TPSA) is 66.9 Å². The minimum Gasteiger partial charge on any atom is -0.379 e. The second kappa shape index (κ2) is 9.46. The second-order valence-electron chi connectivity index (χ2n) is 8.08. The lowest BCUT2D eigenvalue weighted by atomic mass is 9.90. The van der Waals surface area contributed by atoms with Crippen LogP contribution in [0.2, 0.25) is 0 Å². The number of hydrogen-bond donors (Lipinski definition) is 0. The molecule has 1 amide bonds. The molecule has 0 spiro atoms. The number of benzene rings is 2. The lowest BCUT2D eigenvalue weighted by molar-refractivity contribution is 0.0685. The molecule has 0 radical (unpaired) electrons. The summed E-state index contributed by atoms with van der Waals surface area (Å²) in [6.45, 7) is 2.22. The van der Waals surface area contributed by atoms with Crippen LogP contribution in [0, 0.1) is 11.7 Å². The number of amides is 1. The molecule has 2 fully saturated rings. The van der Waals surface area contributed by atoms with Crippen LogP contribution >= 0.6 is 0 Å². The Balaban J connectivity index is 1.44. The van der Waals surface area contributed by atoms with Crippen LogP contribution in [0.5, 0.6) is 0 Å². The fraction of sp³-hybridized carbons (Fsp3) is 0.435. The highest BCUT2D eigenvalue weighted by atomic mass is 32.2. The summed E-state index contributed by atoms with van der Waals surface area (Å²) >= 11 is 0. The van der Waals surface area contributed by atoms with Gasteiger partial charge in [-0.05, 0) is 48.9 Å². The predicted octanol–water partition coefficient (Wildman–Crippen LogP) is 2.94. The van der Waals surface area contributed by atoms with Crippen molar-refractivity contribution in [3.05, 3.63) is 65.5 Å². The van der Waals surface area contributed by atoms with Crippen LogP contribution in [0.25, 0.3) is 0 Å². The average Bonchev–Trinajstić information content (AvgIpc) is 2.80. The van der Waals surface area contributed by atoms with Crippen molar-refractivity contribution in [1.29, 1.82) is 0 Å². The quantitative estimate of drug-likeness (QED) is 0.708. The van der Waals surface area contributed by atoms with Crippen LogP contribution in [0.15, 0.2) is 53.4 Å². The highest BCUT2D eigenvalue weighted by molar-refractivity contribution is 7.89. The highest BCUT2D eigenvalue weighted by Gasteiger charge is 2.30. The number of rotatable bonds is 5. The molecular weight excluding hydrogens is 419 g/mol. The maximum atomic E-state index is 14.5. The largest absolute Gasteiger partial charge is 0.379 e. The summed E-state index contributed by atoms with van der Waals surface area (Å²) in [5.74, 6) is -0.670. The smallest absolute Gasteiger partial charge is 0.256 e. The lowest BCUT2D eigenvalue weighted by Crippen LogP contribution is -2.41. The fourth-order valence-electron chi connectivity index (χ4n) is 4.22. The summed E-state index contributed by atoms with van der Waals surface area (Å²) in [4.78, 5) is 14.6. The Labute approximate surface area is 182 Å². The lowest BCUT2D eigenvalue weighted by Gasteiger charge is -2.32. The fourth-order valence-corrected chi connectivity index (χ4v) is 5.66. The maximum Gasteiger partial charge on any atom is 0.256 e. The van der Waals surface area contributed by atoms with Crippen LogP contribution < -0.4 is 0 Å². The zero-order chi connectivity index (χ0) is 21.8. The molecule has 8 heteroatoms. The van der Waals surface area contributed by atoms with E-state index < -0.39 is 21.7 Å². The van der Waals surface area contributed by atoms with Gasteiger partial charge in [-0.3, -0.25) is 4.79 Å². The van der Waals surface area contributed by atoms with Crippen LogP contribution in [0.4, 0.5) is 4.39 Å². The number of halogens is 1. The molecule has 0 bridgehead atoms. The van der Waals surface area contributed by atoms with Crippen molar-refractivity contribution in [3.8, 4) is 0 Å². The van der Waals surface area contributed by atoms with E-state index in [-0.39, 0.29) is 23.5 Å². The Morgan fingerprint density at radius 3 is 2.35 bits per heavy atom. The normalized spacial score (nSPS) is 18.8. The molecule has 2 saturated heterocycles. The van der Waals surface area contributed by atoms with Crippen molar-refractivity contribution in [3.63, 3.8) is 0 Å². The Morgan fingerprint density at radius 2 is 1.68 bits per heavy atom. The van der Waals surface area contributed by atoms with Gasteiger partial charge in [-0.2, -0.15) is 4.31 Å². The van der Waals surface area contributed by atoms with Crippen molar-refractivity contribution in [2.45, 2.75) is 24.2 Å². The molecule has 4 rings (SSSR count). The number of nitrogens with zero attached hydrogens (tertiary/aromatic N) is 2. The zero-order valence-electron chi connectivity index (χ0n) is 17.4. The Hall–Kier alpha value is -2.29. The number of piperidine rings is 1. The minimum atomic E-state index is -3.79. The molecule has 2 heterocycles. The molecule has 166 valence electrons. The van der Waals surface area contributed by atoms with Gasteiger partial charge in [0.05, 0.1) is 23.7 Å². The molecule has 0 N–H and O–H groups in total. The number of carbonyl (C=O) groups excluding carboxylic acids is 1. The third kappa shape index (κ3) is 4.97. The second-order valence-corrected chi connectivity index (χ2v) is 10.0. The van der Waals surface area contributed by atoms with Gasteiger partial charge in [-0.1, -0.05) is 30.3 Å². The van der Waals surface area contributed by atoms with Gasteiger partial charge in [-0.25, -0.2) is 12.8 Å². The first-order chi connectivity index (χ1) is 14.9. The predicted molar refractivity (Wildman–Crippen MR) is 115 cm³/mol. The monoisotopic (exact) mass is 446 g/mol. The summed E-state index contributed by atoms with van der Waals surface area (Å²) in [5.41, 5.74) is 1.09. The summed E-state index contributed by atoms with van der Waals surface area (Å²) in [6.07, 6.45) is 2.65. The molecule has 2 aliphatic heterocycles. The Bertz CT molecular complexity index is 1020. The molecule has 0 aromatic heterocycles. The molecule has 0 unspecified atom stereocenters. The van der Waals surface area contributed by atoms with Crippen LogP contribution in [0.1, 0.15) is 28.8 Å². The third-order valence-corrected chi connectivity index (χ3v) is 7.94. The molecule has 0 atom stereocenters. The van der Waals surface area contributed by atoms with Gasteiger partial charge in [-0.15, -0.1) is 0 Å². The van der Waals surface area contributed by atoms with Crippen molar-refractivity contribution in [1.82, 2.24) is 9.21 Å². The van der Waals surface area contributed by atoms with Gasteiger partial charge in [0.15, 0.2) is 0 Å². The van der Waals surface area contributed by atoms with Crippen LogP contribution in [-0.2, 0) is 21.2 Å². The number of sulfonamides is 1. The van der Waals surface area contributed by atoms with Crippen LogP contribution in [0.3, 0.4) is 0 Å². The SMILES string of the molecule is O=C(c1cc(S(=O)(=O)N2CCOCC2)ccc1F)N1CCC(Cc2ccccc2)CC1. The first-order valence-electron chi connectivity index (χ1n) is 10.7. The van der Waals surface area contributed by atoms with Gasteiger partial charge < -0.3 is 9.64 Å². The van der Waals surface area contributed by atoms with Gasteiger partial charge in [0, 0.05) is 26.2 Å². The molecule has 6 nitrogen and oxygen atoms in total. The first-order valence-corrected chi connectivity index (χ1v) is 12.1. The summed E-state index contributed by atoms with van der Waals surface area (Å²) in [7, 11) is -3.79. The van der Waals surface area contributed by atoms with E-state index in [0.717, 1.165) is 25.3 Å².